The van der Waals surface area contributed by atoms with Crippen LogP contribution in [0.2, 0.25) is 0 Å². The summed E-state index contributed by atoms with van der Waals surface area (Å²) in [6.07, 6.45) is 1.28. The number of carbonyl (C=O) groups is 1. The van der Waals surface area contributed by atoms with Crippen molar-refractivity contribution in [1.82, 2.24) is 5.32 Å². The van der Waals surface area contributed by atoms with Crippen molar-refractivity contribution < 1.29 is 13.2 Å². The van der Waals surface area contributed by atoms with Crippen molar-refractivity contribution in [2.24, 2.45) is 5.73 Å². The van der Waals surface area contributed by atoms with E-state index in [1.54, 1.807) is 0 Å². The summed E-state index contributed by atoms with van der Waals surface area (Å²) in [5.41, 5.74) is 5.36. The molecule has 0 aromatic rings. The number of likely N-dealkylation sites (N-methyl/N-ethyl adjacent to an activating group) is 1. The van der Waals surface area contributed by atoms with E-state index in [0.717, 1.165) is 6.26 Å². The number of rotatable bonds is 4. The molecule has 0 aliphatic rings. The molecule has 0 saturated carbocycles. The molecule has 0 aliphatic carbocycles. The van der Waals surface area contributed by atoms with E-state index in [0.29, 0.717) is 0 Å². The van der Waals surface area contributed by atoms with Crippen molar-refractivity contribution in [2.45, 2.75) is 12.5 Å². The lowest BCUT2D eigenvalue weighted by Crippen LogP contribution is -2.39. The number of amides is 1. The van der Waals surface area contributed by atoms with Crippen LogP contribution in [0.1, 0.15) is 6.42 Å². The van der Waals surface area contributed by atoms with Crippen molar-refractivity contribution in [3.8, 4) is 0 Å². The Kier molecular flexibility index (Phi) is 4.19. The molecule has 1 amide bonds. The number of carbonyl (C=O) groups excluding carboxylic acids is 1. The Hall–Kier alpha value is -0.620. The first-order valence-corrected chi connectivity index (χ1v) is 5.58. The Balaban J connectivity index is 3.88. The van der Waals surface area contributed by atoms with Gasteiger partial charge in [-0.05, 0) is 6.42 Å². The SMILES string of the molecule is CNC(=O)C(N)CCS(C)(=O)=O. The highest BCUT2D eigenvalue weighted by atomic mass is 32.2. The van der Waals surface area contributed by atoms with Gasteiger partial charge < -0.3 is 11.1 Å². The van der Waals surface area contributed by atoms with Gasteiger partial charge in [-0.25, -0.2) is 8.42 Å². The molecule has 72 valence electrons. The third kappa shape index (κ3) is 5.09. The van der Waals surface area contributed by atoms with E-state index < -0.39 is 15.9 Å². The fourth-order valence-corrected chi connectivity index (χ4v) is 1.34. The van der Waals surface area contributed by atoms with E-state index in [9.17, 15) is 13.2 Å². The summed E-state index contributed by atoms with van der Waals surface area (Å²) in [5.74, 6) is -0.389. The predicted octanol–water partition coefficient (Wildman–Crippen LogP) is -1.51. The number of hydrogen-bond donors (Lipinski definition) is 2. The molecule has 0 aromatic heterocycles. The van der Waals surface area contributed by atoms with E-state index in [4.69, 9.17) is 5.73 Å². The summed E-state index contributed by atoms with van der Waals surface area (Å²) in [4.78, 5) is 10.8. The standard InChI is InChI=1S/C6H14N2O3S/c1-8-6(9)5(7)3-4-12(2,10)11/h5H,3-4,7H2,1-2H3,(H,8,9). The van der Waals surface area contributed by atoms with Crippen LogP contribution < -0.4 is 11.1 Å². The van der Waals surface area contributed by atoms with Crippen LogP contribution in [0.3, 0.4) is 0 Å². The fourth-order valence-electron chi connectivity index (χ4n) is 0.658. The van der Waals surface area contributed by atoms with Gasteiger partial charge >= 0.3 is 0 Å². The third-order valence-corrected chi connectivity index (χ3v) is 2.36. The van der Waals surface area contributed by atoms with Gasteiger partial charge in [0.25, 0.3) is 0 Å². The average molecular weight is 194 g/mol. The normalized spacial score (nSPS) is 13.9. The molecule has 0 heterocycles. The third-order valence-electron chi connectivity index (χ3n) is 1.38. The quantitative estimate of drug-likeness (QED) is 0.569. The minimum atomic E-state index is -3.02. The zero-order chi connectivity index (χ0) is 9.78. The lowest BCUT2D eigenvalue weighted by molar-refractivity contribution is -0.121. The predicted molar refractivity (Wildman–Crippen MR) is 46.4 cm³/mol. The minimum absolute atomic E-state index is 0.0540. The summed E-state index contributed by atoms with van der Waals surface area (Å²) in [7, 11) is -1.56. The summed E-state index contributed by atoms with van der Waals surface area (Å²) in [5, 5.41) is 2.34. The lowest BCUT2D eigenvalue weighted by atomic mass is 10.2. The Bertz CT molecular complexity index is 248. The van der Waals surface area contributed by atoms with E-state index >= 15 is 0 Å². The van der Waals surface area contributed by atoms with Gasteiger partial charge in [-0.15, -0.1) is 0 Å². The minimum Gasteiger partial charge on any atom is -0.358 e. The highest BCUT2D eigenvalue weighted by Gasteiger charge is 2.13. The van der Waals surface area contributed by atoms with E-state index in [-0.39, 0.29) is 18.1 Å². The molecule has 0 saturated heterocycles. The highest BCUT2D eigenvalue weighted by molar-refractivity contribution is 7.90. The van der Waals surface area contributed by atoms with Crippen LogP contribution in [0, 0.1) is 0 Å². The molecule has 0 aromatic carbocycles. The molecule has 1 atom stereocenters. The van der Waals surface area contributed by atoms with Gasteiger partial charge in [-0.3, -0.25) is 4.79 Å². The molecular formula is C6H14N2O3S. The maximum absolute atomic E-state index is 10.8. The summed E-state index contributed by atoms with van der Waals surface area (Å²) >= 11 is 0. The molecule has 12 heavy (non-hydrogen) atoms. The number of nitrogens with two attached hydrogens (primary N) is 1. The van der Waals surface area contributed by atoms with E-state index in [1.165, 1.54) is 7.05 Å². The lowest BCUT2D eigenvalue weighted by Gasteiger charge is -2.07. The molecule has 0 aliphatic heterocycles. The van der Waals surface area contributed by atoms with E-state index in [1.807, 2.05) is 0 Å². The van der Waals surface area contributed by atoms with Gasteiger partial charge in [-0.1, -0.05) is 0 Å². The largest absolute Gasteiger partial charge is 0.358 e. The smallest absolute Gasteiger partial charge is 0.236 e. The summed E-state index contributed by atoms with van der Waals surface area (Å²) in [6, 6.07) is -0.732. The molecule has 1 unspecified atom stereocenters. The fraction of sp³-hybridized carbons (Fsp3) is 0.833. The first-order valence-electron chi connectivity index (χ1n) is 3.51. The maximum atomic E-state index is 10.8. The van der Waals surface area contributed by atoms with Crippen molar-refractivity contribution in [3.05, 3.63) is 0 Å². The van der Waals surface area contributed by atoms with Crippen molar-refractivity contribution in [2.75, 3.05) is 19.1 Å². The second-order valence-electron chi connectivity index (χ2n) is 2.64. The van der Waals surface area contributed by atoms with Gasteiger partial charge in [0.1, 0.15) is 9.84 Å². The van der Waals surface area contributed by atoms with Crippen LogP contribution in [-0.2, 0) is 14.6 Å². The van der Waals surface area contributed by atoms with Gasteiger partial charge in [0.15, 0.2) is 0 Å². The van der Waals surface area contributed by atoms with E-state index in [2.05, 4.69) is 5.32 Å². The van der Waals surface area contributed by atoms with Gasteiger partial charge in [0, 0.05) is 13.3 Å². The molecule has 0 fully saturated rings. The van der Waals surface area contributed by atoms with Crippen LogP contribution >= 0.6 is 0 Å². The Morgan fingerprint density at radius 1 is 1.58 bits per heavy atom. The molecule has 0 spiro atoms. The van der Waals surface area contributed by atoms with Gasteiger partial charge in [0.05, 0.1) is 11.8 Å². The monoisotopic (exact) mass is 194 g/mol. The highest BCUT2D eigenvalue weighted by Crippen LogP contribution is 1.93. The van der Waals surface area contributed by atoms with Crippen LogP contribution in [0.4, 0.5) is 0 Å². The second-order valence-corrected chi connectivity index (χ2v) is 4.90. The molecule has 0 bridgehead atoms. The van der Waals surface area contributed by atoms with Crippen molar-refractivity contribution >= 4 is 15.7 Å². The maximum Gasteiger partial charge on any atom is 0.236 e. The van der Waals surface area contributed by atoms with Crippen molar-refractivity contribution in [3.63, 3.8) is 0 Å². The van der Waals surface area contributed by atoms with Gasteiger partial charge in [-0.2, -0.15) is 0 Å². The Morgan fingerprint density at radius 3 is 2.42 bits per heavy atom. The molecule has 5 nitrogen and oxygen atoms in total. The van der Waals surface area contributed by atoms with Crippen LogP contribution in [-0.4, -0.2) is 39.4 Å². The number of nitrogens with one attached hydrogen (secondary N) is 1. The van der Waals surface area contributed by atoms with Crippen LogP contribution in [0.15, 0.2) is 0 Å². The number of sulfone groups is 1. The van der Waals surface area contributed by atoms with Crippen LogP contribution in [0.5, 0.6) is 0 Å². The first-order chi connectivity index (χ1) is 5.37. The summed E-state index contributed by atoms with van der Waals surface area (Å²) in [6.45, 7) is 0. The Morgan fingerprint density at radius 2 is 2.08 bits per heavy atom. The molecule has 0 rings (SSSR count). The molecule has 3 N–H and O–H groups in total. The van der Waals surface area contributed by atoms with Crippen LogP contribution in [0.25, 0.3) is 0 Å². The topological polar surface area (TPSA) is 89.3 Å². The average Bonchev–Trinajstić information content (AvgIpc) is 1.97. The number of hydrogen-bond acceptors (Lipinski definition) is 4. The Labute approximate surface area is 72.2 Å². The van der Waals surface area contributed by atoms with Gasteiger partial charge in [0.2, 0.25) is 5.91 Å². The first kappa shape index (κ1) is 11.4. The molecule has 0 radical (unpaired) electrons. The zero-order valence-corrected chi connectivity index (χ0v) is 8.02. The molecule has 6 heteroatoms. The second kappa shape index (κ2) is 4.42. The molecular weight excluding hydrogens is 180 g/mol. The zero-order valence-electron chi connectivity index (χ0n) is 7.20. The summed E-state index contributed by atoms with van der Waals surface area (Å²) < 4.78 is 21.3. The van der Waals surface area contributed by atoms with Crippen molar-refractivity contribution in [1.29, 1.82) is 0 Å².